The van der Waals surface area contributed by atoms with Crippen molar-refractivity contribution in [2.45, 2.75) is 25.8 Å². The van der Waals surface area contributed by atoms with E-state index in [9.17, 15) is 4.79 Å². The lowest BCUT2D eigenvalue weighted by Gasteiger charge is -2.21. The second-order valence-corrected chi connectivity index (χ2v) is 7.35. The second-order valence-electron chi connectivity index (χ2n) is 5.54. The fraction of sp³-hybridized carbons (Fsp3) is 0.312. The first kappa shape index (κ1) is 14.6. The molecule has 7 heteroatoms. The predicted molar refractivity (Wildman–Crippen MR) is 89.7 cm³/mol. The Morgan fingerprint density at radius 3 is 3.09 bits per heavy atom. The summed E-state index contributed by atoms with van der Waals surface area (Å²) in [5, 5.41) is 8.70. The van der Waals surface area contributed by atoms with Crippen LogP contribution in [-0.2, 0) is 0 Å². The van der Waals surface area contributed by atoms with Crippen LogP contribution in [0.2, 0.25) is 0 Å². The fourth-order valence-electron chi connectivity index (χ4n) is 2.88. The Hall–Kier alpha value is -1.99. The van der Waals surface area contributed by atoms with Crippen LogP contribution < -0.4 is 0 Å². The van der Waals surface area contributed by atoms with Gasteiger partial charge in [-0.3, -0.25) is 4.79 Å². The maximum atomic E-state index is 12.8. The number of hydrogen-bond donors (Lipinski definition) is 0. The zero-order valence-corrected chi connectivity index (χ0v) is 14.2. The highest BCUT2D eigenvalue weighted by molar-refractivity contribution is 7.20. The van der Waals surface area contributed by atoms with Crippen molar-refractivity contribution in [3.05, 3.63) is 46.1 Å². The molecule has 23 heavy (non-hydrogen) atoms. The van der Waals surface area contributed by atoms with Gasteiger partial charge in [0, 0.05) is 18.0 Å². The van der Waals surface area contributed by atoms with Gasteiger partial charge in [-0.05, 0) is 31.2 Å². The van der Waals surface area contributed by atoms with Crippen molar-refractivity contribution in [1.29, 1.82) is 0 Å². The van der Waals surface area contributed by atoms with E-state index in [2.05, 4.69) is 10.1 Å². The van der Waals surface area contributed by atoms with Gasteiger partial charge < -0.3 is 9.42 Å². The van der Waals surface area contributed by atoms with E-state index in [0.717, 1.165) is 40.7 Å². The Labute approximate surface area is 141 Å². The van der Waals surface area contributed by atoms with Gasteiger partial charge in [0.25, 0.3) is 5.91 Å². The molecule has 0 aromatic carbocycles. The average molecular weight is 345 g/mol. The van der Waals surface area contributed by atoms with E-state index in [1.54, 1.807) is 11.3 Å². The third kappa shape index (κ3) is 2.70. The van der Waals surface area contributed by atoms with Crippen LogP contribution in [-0.4, -0.2) is 27.5 Å². The molecule has 0 N–H and O–H groups in total. The van der Waals surface area contributed by atoms with E-state index in [0.29, 0.717) is 5.69 Å². The van der Waals surface area contributed by atoms with Crippen molar-refractivity contribution in [3.63, 3.8) is 0 Å². The number of carbonyl (C=O) groups is 1. The molecule has 1 unspecified atom stereocenters. The van der Waals surface area contributed by atoms with Crippen LogP contribution in [0.1, 0.15) is 40.8 Å². The summed E-state index contributed by atoms with van der Waals surface area (Å²) < 4.78 is 5.37. The molecule has 1 saturated heterocycles. The van der Waals surface area contributed by atoms with Gasteiger partial charge in [0.05, 0.1) is 16.6 Å². The summed E-state index contributed by atoms with van der Waals surface area (Å²) in [4.78, 5) is 20.3. The highest BCUT2D eigenvalue weighted by Gasteiger charge is 2.34. The quantitative estimate of drug-likeness (QED) is 0.715. The molecule has 3 aromatic rings. The molecule has 0 aliphatic carbocycles. The lowest BCUT2D eigenvalue weighted by molar-refractivity contribution is 0.0709. The average Bonchev–Trinajstić information content (AvgIpc) is 3.31. The number of hydrogen-bond acceptors (Lipinski definition) is 6. The molecule has 3 aromatic heterocycles. The van der Waals surface area contributed by atoms with Gasteiger partial charge in [-0.15, -0.1) is 22.7 Å². The van der Waals surface area contributed by atoms with E-state index in [4.69, 9.17) is 4.52 Å². The van der Waals surface area contributed by atoms with Crippen LogP contribution in [0.25, 0.3) is 9.88 Å². The molecule has 118 valence electrons. The first-order valence-electron chi connectivity index (χ1n) is 7.46. The van der Waals surface area contributed by atoms with Crippen molar-refractivity contribution in [3.8, 4) is 9.88 Å². The van der Waals surface area contributed by atoms with Crippen molar-refractivity contribution in [2.24, 2.45) is 0 Å². The van der Waals surface area contributed by atoms with Gasteiger partial charge in [-0.2, -0.15) is 0 Å². The Morgan fingerprint density at radius 1 is 1.43 bits per heavy atom. The highest BCUT2D eigenvalue weighted by Crippen LogP contribution is 2.34. The number of aryl methyl sites for hydroxylation is 1. The van der Waals surface area contributed by atoms with Gasteiger partial charge in [-0.25, -0.2) is 4.98 Å². The molecular weight excluding hydrogens is 330 g/mol. The van der Waals surface area contributed by atoms with E-state index in [1.165, 1.54) is 11.3 Å². The molecule has 0 spiro atoms. The maximum absolute atomic E-state index is 12.8. The normalized spacial score (nSPS) is 17.8. The lowest BCUT2D eigenvalue weighted by Crippen LogP contribution is -2.30. The Morgan fingerprint density at radius 2 is 2.35 bits per heavy atom. The first-order chi connectivity index (χ1) is 11.2. The van der Waals surface area contributed by atoms with Gasteiger partial charge in [0.15, 0.2) is 5.76 Å². The number of nitrogens with zero attached hydrogens (tertiary/aromatic N) is 3. The third-order valence-corrected chi connectivity index (χ3v) is 5.82. The largest absolute Gasteiger partial charge is 0.359 e. The molecule has 1 atom stereocenters. The minimum absolute atomic E-state index is 0.0272. The summed E-state index contributed by atoms with van der Waals surface area (Å²) in [6.07, 6.45) is 1.88. The molecule has 4 heterocycles. The molecule has 1 fully saturated rings. The molecule has 4 rings (SSSR count). The van der Waals surface area contributed by atoms with Crippen LogP contribution in [0.5, 0.6) is 0 Å². The smallest absolute Gasteiger partial charge is 0.273 e. The minimum Gasteiger partial charge on any atom is -0.359 e. The second kappa shape index (κ2) is 5.90. The fourth-order valence-corrected chi connectivity index (χ4v) is 4.49. The number of aromatic nitrogens is 2. The van der Waals surface area contributed by atoms with Crippen molar-refractivity contribution < 1.29 is 9.32 Å². The van der Waals surface area contributed by atoms with E-state index in [1.807, 2.05) is 40.8 Å². The summed E-state index contributed by atoms with van der Waals surface area (Å²) in [5.74, 6) is 0.739. The Kier molecular flexibility index (Phi) is 3.74. The molecule has 1 aliphatic heterocycles. The molecule has 5 nitrogen and oxygen atoms in total. The first-order valence-corrected chi connectivity index (χ1v) is 9.22. The minimum atomic E-state index is -0.0319. The number of rotatable bonds is 3. The van der Waals surface area contributed by atoms with E-state index in [-0.39, 0.29) is 11.9 Å². The topological polar surface area (TPSA) is 59.2 Å². The molecule has 0 saturated carbocycles. The molecule has 1 aliphatic rings. The van der Waals surface area contributed by atoms with Gasteiger partial charge in [0.2, 0.25) is 0 Å². The number of amides is 1. The van der Waals surface area contributed by atoms with Crippen LogP contribution in [0, 0.1) is 6.92 Å². The summed E-state index contributed by atoms with van der Waals surface area (Å²) in [6, 6.07) is 5.89. The van der Waals surface area contributed by atoms with Crippen molar-refractivity contribution >= 4 is 28.6 Å². The molecule has 0 radical (unpaired) electrons. The summed E-state index contributed by atoms with van der Waals surface area (Å²) in [7, 11) is 0. The van der Waals surface area contributed by atoms with Crippen molar-refractivity contribution in [1.82, 2.24) is 15.0 Å². The van der Waals surface area contributed by atoms with Crippen molar-refractivity contribution in [2.75, 3.05) is 6.54 Å². The zero-order chi connectivity index (χ0) is 15.8. The molecule has 0 bridgehead atoms. The zero-order valence-electron chi connectivity index (χ0n) is 12.6. The SMILES string of the molecule is Cc1cc(C2CCCN2C(=O)c2csc(-c3cccs3)n2)on1. The number of thiazole rings is 1. The van der Waals surface area contributed by atoms with Gasteiger partial charge in [-0.1, -0.05) is 11.2 Å². The van der Waals surface area contributed by atoms with Crippen LogP contribution in [0.3, 0.4) is 0 Å². The summed E-state index contributed by atoms with van der Waals surface area (Å²) >= 11 is 3.14. The van der Waals surface area contributed by atoms with Crippen LogP contribution >= 0.6 is 22.7 Å². The predicted octanol–water partition coefficient (Wildman–Crippen LogP) is 4.15. The Bertz CT molecular complexity index is 822. The monoisotopic (exact) mass is 345 g/mol. The standard InChI is InChI=1S/C16H15N3O2S2/c1-10-8-13(21-18-10)12-4-2-6-19(12)16(20)11-9-23-15(17-11)14-5-3-7-22-14/h3,5,7-9,12H,2,4,6H2,1H3. The lowest BCUT2D eigenvalue weighted by atomic mass is 10.1. The Balaban J connectivity index is 1.58. The highest BCUT2D eigenvalue weighted by atomic mass is 32.1. The summed E-state index contributed by atoms with van der Waals surface area (Å²) in [6.45, 7) is 2.62. The number of likely N-dealkylation sites (tertiary alicyclic amines) is 1. The van der Waals surface area contributed by atoms with Crippen LogP contribution in [0.4, 0.5) is 0 Å². The van der Waals surface area contributed by atoms with Gasteiger partial charge in [0.1, 0.15) is 10.7 Å². The van der Waals surface area contributed by atoms with E-state index < -0.39 is 0 Å². The molecule has 1 amide bonds. The number of thiophene rings is 1. The molecular formula is C16H15N3O2S2. The summed E-state index contributed by atoms with van der Waals surface area (Å²) in [5.41, 5.74) is 1.36. The number of carbonyl (C=O) groups excluding carboxylic acids is 1. The van der Waals surface area contributed by atoms with Crippen LogP contribution in [0.15, 0.2) is 33.5 Å². The van der Waals surface area contributed by atoms with E-state index >= 15 is 0 Å². The maximum Gasteiger partial charge on any atom is 0.273 e. The third-order valence-electron chi connectivity index (χ3n) is 3.94. The van der Waals surface area contributed by atoms with Gasteiger partial charge >= 0.3 is 0 Å².